The van der Waals surface area contributed by atoms with E-state index in [1.54, 1.807) is 19.2 Å². The molecule has 0 aliphatic carbocycles. The average Bonchev–Trinajstić information content (AvgIpc) is 2.23. The van der Waals surface area contributed by atoms with Gasteiger partial charge in [0.05, 0.1) is 12.1 Å². The number of benzene rings is 1. The fourth-order valence-electron chi connectivity index (χ4n) is 1.55. The highest BCUT2D eigenvalue weighted by Gasteiger charge is 2.20. The minimum Gasteiger partial charge on any atom is -0.495 e. The number of aliphatic carboxylic acids is 1. The Morgan fingerprint density at radius 3 is 2.62 bits per heavy atom. The van der Waals surface area contributed by atoms with E-state index in [9.17, 15) is 4.79 Å². The Labute approximate surface area is 99.2 Å². The largest absolute Gasteiger partial charge is 0.495 e. The van der Waals surface area contributed by atoms with Crippen molar-refractivity contribution in [2.75, 3.05) is 14.2 Å². The van der Waals surface area contributed by atoms with Gasteiger partial charge in [-0.1, -0.05) is 11.6 Å². The number of aryl methyl sites for hydroxylation is 1. The average molecular weight is 244 g/mol. The van der Waals surface area contributed by atoms with Crippen molar-refractivity contribution in [3.8, 4) is 5.75 Å². The standard InChI is InChI=1S/C11H14ClNO3/c1-6-4-9(16-3)8(12)5-7(6)10(13-2)11(14)15/h4-5,10,13H,1-3H3,(H,14,15). The van der Waals surface area contributed by atoms with Crippen LogP contribution >= 0.6 is 11.6 Å². The Kier molecular flexibility index (Phi) is 4.15. The maximum Gasteiger partial charge on any atom is 0.325 e. The van der Waals surface area contributed by atoms with E-state index in [1.807, 2.05) is 6.92 Å². The van der Waals surface area contributed by atoms with Crippen molar-refractivity contribution < 1.29 is 14.6 Å². The van der Waals surface area contributed by atoms with Crippen molar-refractivity contribution in [1.29, 1.82) is 0 Å². The van der Waals surface area contributed by atoms with Crippen molar-refractivity contribution >= 4 is 17.6 Å². The molecule has 1 aromatic carbocycles. The van der Waals surface area contributed by atoms with Crippen LogP contribution in [0, 0.1) is 6.92 Å². The summed E-state index contributed by atoms with van der Waals surface area (Å²) in [7, 11) is 3.11. The van der Waals surface area contributed by atoms with Crippen LogP contribution in [-0.2, 0) is 4.79 Å². The second-order valence-electron chi connectivity index (χ2n) is 3.40. The van der Waals surface area contributed by atoms with Crippen LogP contribution in [0.4, 0.5) is 0 Å². The van der Waals surface area contributed by atoms with Crippen molar-refractivity contribution in [2.24, 2.45) is 0 Å². The number of nitrogens with one attached hydrogen (secondary N) is 1. The molecule has 0 saturated carbocycles. The molecule has 1 aromatic rings. The maximum absolute atomic E-state index is 11.0. The Balaban J connectivity index is 3.24. The topological polar surface area (TPSA) is 58.6 Å². The number of hydrogen-bond acceptors (Lipinski definition) is 3. The fraction of sp³-hybridized carbons (Fsp3) is 0.364. The van der Waals surface area contributed by atoms with E-state index in [0.717, 1.165) is 5.56 Å². The summed E-state index contributed by atoms with van der Waals surface area (Å²) in [5.74, 6) is -0.394. The second kappa shape index (κ2) is 5.18. The van der Waals surface area contributed by atoms with Gasteiger partial charge in [-0.2, -0.15) is 0 Å². The monoisotopic (exact) mass is 243 g/mol. The predicted octanol–water partition coefficient (Wildman–Crippen LogP) is 2.00. The third kappa shape index (κ3) is 2.46. The van der Waals surface area contributed by atoms with Crippen molar-refractivity contribution in [2.45, 2.75) is 13.0 Å². The third-order valence-corrected chi connectivity index (χ3v) is 2.68. The molecule has 0 saturated heterocycles. The third-order valence-electron chi connectivity index (χ3n) is 2.39. The number of rotatable bonds is 4. The summed E-state index contributed by atoms with van der Waals surface area (Å²) in [6.07, 6.45) is 0. The zero-order chi connectivity index (χ0) is 12.3. The van der Waals surface area contributed by atoms with Crippen LogP contribution < -0.4 is 10.1 Å². The normalized spacial score (nSPS) is 12.2. The van der Waals surface area contributed by atoms with E-state index < -0.39 is 12.0 Å². The van der Waals surface area contributed by atoms with Gasteiger partial charge >= 0.3 is 5.97 Å². The molecule has 0 bridgehead atoms. The predicted molar refractivity (Wildman–Crippen MR) is 62.2 cm³/mol. The van der Waals surface area contributed by atoms with Gasteiger partial charge in [-0.05, 0) is 37.2 Å². The molecule has 0 spiro atoms. The van der Waals surface area contributed by atoms with Crippen LogP contribution in [0.2, 0.25) is 5.02 Å². The lowest BCUT2D eigenvalue weighted by molar-refractivity contribution is -0.139. The summed E-state index contributed by atoms with van der Waals surface area (Å²) in [5, 5.41) is 12.2. The lowest BCUT2D eigenvalue weighted by Crippen LogP contribution is -2.25. The minimum absolute atomic E-state index is 0.407. The highest BCUT2D eigenvalue weighted by atomic mass is 35.5. The van der Waals surface area contributed by atoms with Gasteiger partial charge in [0, 0.05) is 0 Å². The molecule has 1 atom stereocenters. The van der Waals surface area contributed by atoms with Crippen LogP contribution in [0.25, 0.3) is 0 Å². The van der Waals surface area contributed by atoms with Gasteiger partial charge in [0.25, 0.3) is 0 Å². The molecular weight excluding hydrogens is 230 g/mol. The molecule has 5 heteroatoms. The number of halogens is 1. The van der Waals surface area contributed by atoms with Gasteiger partial charge in [-0.25, -0.2) is 0 Å². The quantitative estimate of drug-likeness (QED) is 0.849. The van der Waals surface area contributed by atoms with Crippen LogP contribution in [0.15, 0.2) is 12.1 Å². The SMILES string of the molecule is CNC(C(=O)O)c1cc(Cl)c(OC)cc1C. The lowest BCUT2D eigenvalue weighted by atomic mass is 10.0. The van der Waals surface area contributed by atoms with E-state index in [2.05, 4.69) is 5.32 Å². The molecular formula is C11H14ClNO3. The Bertz CT molecular complexity index is 406. The van der Waals surface area contributed by atoms with Gasteiger partial charge in [0.15, 0.2) is 0 Å². The number of hydrogen-bond donors (Lipinski definition) is 2. The maximum atomic E-state index is 11.0. The van der Waals surface area contributed by atoms with E-state index in [1.165, 1.54) is 7.11 Å². The number of carboxylic acid groups (broad SMARTS) is 1. The highest BCUT2D eigenvalue weighted by molar-refractivity contribution is 6.32. The molecule has 0 amide bonds. The number of likely N-dealkylation sites (N-methyl/N-ethyl adjacent to an activating group) is 1. The second-order valence-corrected chi connectivity index (χ2v) is 3.81. The Morgan fingerprint density at radius 2 is 2.19 bits per heavy atom. The van der Waals surface area contributed by atoms with Gasteiger partial charge in [0.1, 0.15) is 11.8 Å². The minimum atomic E-state index is -0.938. The van der Waals surface area contributed by atoms with Gasteiger partial charge in [0.2, 0.25) is 0 Å². The zero-order valence-electron chi connectivity index (χ0n) is 9.37. The molecule has 0 radical (unpaired) electrons. The number of carbonyl (C=O) groups is 1. The van der Waals surface area contributed by atoms with Gasteiger partial charge in [-0.15, -0.1) is 0 Å². The van der Waals surface area contributed by atoms with Crippen LogP contribution in [-0.4, -0.2) is 25.2 Å². The first-order chi connectivity index (χ1) is 7.51. The summed E-state index contributed by atoms with van der Waals surface area (Å²) in [4.78, 5) is 11.0. The van der Waals surface area contributed by atoms with E-state index in [-0.39, 0.29) is 0 Å². The fourth-order valence-corrected chi connectivity index (χ4v) is 1.80. The van der Waals surface area contributed by atoms with E-state index >= 15 is 0 Å². The zero-order valence-corrected chi connectivity index (χ0v) is 10.1. The first-order valence-electron chi connectivity index (χ1n) is 4.75. The first-order valence-corrected chi connectivity index (χ1v) is 5.13. The van der Waals surface area contributed by atoms with Crippen molar-refractivity contribution in [1.82, 2.24) is 5.32 Å². The number of ether oxygens (including phenoxy) is 1. The summed E-state index contributed by atoms with van der Waals surface area (Å²) < 4.78 is 5.05. The molecule has 88 valence electrons. The molecule has 0 heterocycles. The molecule has 0 fully saturated rings. The molecule has 4 nitrogen and oxygen atoms in total. The van der Waals surface area contributed by atoms with Crippen molar-refractivity contribution in [3.63, 3.8) is 0 Å². The summed E-state index contributed by atoms with van der Waals surface area (Å²) in [6, 6.07) is 2.58. The molecule has 0 aromatic heterocycles. The molecule has 1 unspecified atom stereocenters. The summed E-state index contributed by atoms with van der Waals surface area (Å²) in [6.45, 7) is 1.82. The van der Waals surface area contributed by atoms with Crippen LogP contribution in [0.5, 0.6) is 5.75 Å². The van der Waals surface area contributed by atoms with Crippen LogP contribution in [0.1, 0.15) is 17.2 Å². The summed E-state index contributed by atoms with van der Waals surface area (Å²) >= 11 is 5.96. The highest BCUT2D eigenvalue weighted by Crippen LogP contribution is 2.30. The van der Waals surface area contributed by atoms with E-state index in [0.29, 0.717) is 16.3 Å². The number of methoxy groups -OCH3 is 1. The molecule has 1 rings (SSSR count). The van der Waals surface area contributed by atoms with E-state index in [4.69, 9.17) is 21.4 Å². The first kappa shape index (κ1) is 12.8. The Morgan fingerprint density at radius 1 is 1.56 bits per heavy atom. The molecule has 0 aliphatic rings. The van der Waals surface area contributed by atoms with Gasteiger partial charge < -0.3 is 15.2 Å². The summed E-state index contributed by atoms with van der Waals surface area (Å²) in [5.41, 5.74) is 1.46. The van der Waals surface area contributed by atoms with Crippen molar-refractivity contribution in [3.05, 3.63) is 28.3 Å². The van der Waals surface area contributed by atoms with Crippen LogP contribution in [0.3, 0.4) is 0 Å². The molecule has 0 aliphatic heterocycles. The van der Waals surface area contributed by atoms with Gasteiger partial charge in [-0.3, -0.25) is 4.79 Å². The lowest BCUT2D eigenvalue weighted by Gasteiger charge is -2.16. The molecule has 2 N–H and O–H groups in total. The smallest absolute Gasteiger partial charge is 0.325 e. The number of carboxylic acids is 1. The Hall–Kier alpha value is -1.26. The molecule has 16 heavy (non-hydrogen) atoms.